The summed E-state index contributed by atoms with van der Waals surface area (Å²) >= 11 is 0. The fraction of sp³-hybridized carbons (Fsp3) is 0.909. The molecule has 0 spiro atoms. The molecule has 0 aliphatic carbocycles. The summed E-state index contributed by atoms with van der Waals surface area (Å²) in [7, 11) is 1.41. The first-order chi connectivity index (χ1) is 7.10. The Hall–Kier alpha value is -0.610. The Morgan fingerprint density at radius 1 is 1.60 bits per heavy atom. The average Bonchev–Trinajstić information content (AvgIpc) is 2.70. The second-order valence-corrected chi connectivity index (χ2v) is 4.44. The molecule has 2 rings (SSSR count). The van der Waals surface area contributed by atoms with Crippen LogP contribution in [0, 0.1) is 5.92 Å². The maximum atomic E-state index is 11.7. The van der Waals surface area contributed by atoms with Crippen molar-refractivity contribution in [2.75, 3.05) is 20.3 Å². The molecule has 3 unspecified atom stereocenters. The zero-order chi connectivity index (χ0) is 11.1. The highest BCUT2D eigenvalue weighted by Crippen LogP contribution is 2.57. The van der Waals surface area contributed by atoms with Crippen molar-refractivity contribution >= 4 is 5.97 Å². The van der Waals surface area contributed by atoms with Crippen LogP contribution in [-0.4, -0.2) is 37.5 Å². The van der Waals surface area contributed by atoms with Gasteiger partial charge >= 0.3 is 5.97 Å². The van der Waals surface area contributed by atoms with Crippen LogP contribution >= 0.6 is 0 Å². The van der Waals surface area contributed by atoms with Gasteiger partial charge in [0.2, 0.25) is 0 Å². The molecule has 4 nitrogen and oxygen atoms in total. The van der Waals surface area contributed by atoms with E-state index in [9.17, 15) is 4.79 Å². The fourth-order valence-electron chi connectivity index (χ4n) is 2.70. The largest absolute Gasteiger partial charge is 0.467 e. The highest BCUT2D eigenvalue weighted by Gasteiger charge is 2.74. The van der Waals surface area contributed by atoms with Crippen LogP contribution in [0.5, 0.6) is 0 Å². The van der Waals surface area contributed by atoms with Crippen molar-refractivity contribution in [3.63, 3.8) is 0 Å². The Morgan fingerprint density at radius 2 is 2.33 bits per heavy atom. The molecule has 2 aliphatic heterocycles. The summed E-state index contributed by atoms with van der Waals surface area (Å²) in [6.07, 6.45) is 1.63. The quantitative estimate of drug-likeness (QED) is 0.522. The van der Waals surface area contributed by atoms with Crippen molar-refractivity contribution in [2.24, 2.45) is 5.92 Å². The summed E-state index contributed by atoms with van der Waals surface area (Å²) in [5.74, 6) is 0.0657. The van der Waals surface area contributed by atoms with Gasteiger partial charge in [0.15, 0.2) is 5.60 Å². The number of carbonyl (C=O) groups excluding carboxylic acids is 1. The van der Waals surface area contributed by atoms with E-state index >= 15 is 0 Å². The zero-order valence-electron chi connectivity index (χ0n) is 9.54. The standard InChI is InChI=1S/C11H18O4/c1-4-11(9(12)13-3)10(2,15-11)8-5-6-14-7-8/h8H,4-7H2,1-3H3. The summed E-state index contributed by atoms with van der Waals surface area (Å²) in [5.41, 5.74) is -1.11. The lowest BCUT2D eigenvalue weighted by Crippen LogP contribution is -2.38. The van der Waals surface area contributed by atoms with Crippen molar-refractivity contribution in [1.29, 1.82) is 0 Å². The second kappa shape index (κ2) is 3.46. The lowest BCUT2D eigenvalue weighted by atomic mass is 9.81. The number of hydrogen-bond donors (Lipinski definition) is 0. The van der Waals surface area contributed by atoms with Crippen LogP contribution in [0.25, 0.3) is 0 Å². The molecule has 0 aromatic carbocycles. The first-order valence-electron chi connectivity index (χ1n) is 5.47. The van der Waals surface area contributed by atoms with Crippen LogP contribution in [0.2, 0.25) is 0 Å². The van der Waals surface area contributed by atoms with Crippen LogP contribution < -0.4 is 0 Å². The number of carbonyl (C=O) groups is 1. The minimum Gasteiger partial charge on any atom is -0.467 e. The van der Waals surface area contributed by atoms with Crippen LogP contribution in [0.15, 0.2) is 0 Å². The predicted molar refractivity (Wildman–Crippen MR) is 53.5 cm³/mol. The Labute approximate surface area is 89.9 Å². The number of hydrogen-bond acceptors (Lipinski definition) is 4. The molecule has 2 fully saturated rings. The van der Waals surface area contributed by atoms with Crippen LogP contribution in [0.3, 0.4) is 0 Å². The van der Waals surface area contributed by atoms with Gasteiger partial charge in [0.1, 0.15) is 5.60 Å². The Morgan fingerprint density at radius 3 is 2.80 bits per heavy atom. The lowest BCUT2D eigenvalue weighted by Gasteiger charge is -2.17. The van der Waals surface area contributed by atoms with Gasteiger partial charge in [-0.1, -0.05) is 6.92 Å². The van der Waals surface area contributed by atoms with E-state index in [4.69, 9.17) is 14.2 Å². The molecule has 0 N–H and O–H groups in total. The van der Waals surface area contributed by atoms with Gasteiger partial charge in [-0.05, 0) is 19.8 Å². The third kappa shape index (κ3) is 1.31. The summed E-state index contributed by atoms with van der Waals surface area (Å²) in [4.78, 5) is 11.7. The third-order valence-electron chi connectivity index (χ3n) is 3.87. The van der Waals surface area contributed by atoms with Crippen molar-refractivity contribution < 1.29 is 19.0 Å². The number of ether oxygens (including phenoxy) is 3. The first-order valence-corrected chi connectivity index (χ1v) is 5.47. The first kappa shape index (κ1) is 10.9. The van der Waals surface area contributed by atoms with Crippen molar-refractivity contribution in [1.82, 2.24) is 0 Å². The minimum atomic E-state index is -0.722. The summed E-state index contributed by atoms with van der Waals surface area (Å²) < 4.78 is 15.9. The van der Waals surface area contributed by atoms with Crippen molar-refractivity contribution in [2.45, 2.75) is 37.9 Å². The molecule has 15 heavy (non-hydrogen) atoms. The van der Waals surface area contributed by atoms with Gasteiger partial charge in [-0.3, -0.25) is 0 Å². The molecule has 2 saturated heterocycles. The molecule has 2 heterocycles. The van der Waals surface area contributed by atoms with Gasteiger partial charge in [-0.25, -0.2) is 4.79 Å². The molecule has 0 saturated carbocycles. The molecule has 4 heteroatoms. The highest BCUT2D eigenvalue weighted by atomic mass is 16.7. The van der Waals surface area contributed by atoms with Gasteiger partial charge in [-0.15, -0.1) is 0 Å². The monoisotopic (exact) mass is 214 g/mol. The van der Waals surface area contributed by atoms with Gasteiger partial charge in [0.25, 0.3) is 0 Å². The molecule has 3 atom stereocenters. The van der Waals surface area contributed by atoms with E-state index < -0.39 is 5.60 Å². The second-order valence-electron chi connectivity index (χ2n) is 4.44. The van der Waals surface area contributed by atoms with E-state index in [0.29, 0.717) is 18.9 Å². The smallest absolute Gasteiger partial charge is 0.341 e. The number of epoxide rings is 1. The Bertz CT molecular complexity index is 272. The van der Waals surface area contributed by atoms with Crippen LogP contribution in [-0.2, 0) is 19.0 Å². The molecule has 0 bridgehead atoms. The molecule has 0 amide bonds. The molecule has 0 aromatic rings. The van der Waals surface area contributed by atoms with Crippen LogP contribution in [0.1, 0.15) is 26.7 Å². The normalized spacial score (nSPS) is 44.1. The Kier molecular flexibility index (Phi) is 2.51. The van der Waals surface area contributed by atoms with E-state index in [-0.39, 0.29) is 11.6 Å². The van der Waals surface area contributed by atoms with Gasteiger partial charge in [-0.2, -0.15) is 0 Å². The summed E-state index contributed by atoms with van der Waals surface area (Å²) in [6.45, 7) is 5.41. The predicted octanol–water partition coefficient (Wildman–Crippen LogP) is 1.13. The van der Waals surface area contributed by atoms with Crippen molar-refractivity contribution in [3.05, 3.63) is 0 Å². The number of methoxy groups -OCH3 is 1. The zero-order valence-corrected chi connectivity index (χ0v) is 9.54. The maximum Gasteiger partial charge on any atom is 0.341 e. The van der Waals surface area contributed by atoms with E-state index in [1.807, 2.05) is 13.8 Å². The van der Waals surface area contributed by atoms with Crippen LogP contribution in [0.4, 0.5) is 0 Å². The van der Waals surface area contributed by atoms with Crippen molar-refractivity contribution in [3.8, 4) is 0 Å². The molecule has 2 aliphatic rings. The molecule has 0 aromatic heterocycles. The summed E-state index contributed by atoms with van der Waals surface area (Å²) in [6, 6.07) is 0. The molecule has 86 valence electrons. The number of rotatable bonds is 3. The lowest BCUT2D eigenvalue weighted by molar-refractivity contribution is -0.147. The number of esters is 1. The molecular weight excluding hydrogens is 196 g/mol. The van der Waals surface area contributed by atoms with E-state index in [1.165, 1.54) is 7.11 Å². The summed E-state index contributed by atoms with van der Waals surface area (Å²) in [5, 5.41) is 0. The van der Waals surface area contributed by atoms with E-state index in [2.05, 4.69) is 0 Å². The minimum absolute atomic E-state index is 0.251. The van der Waals surface area contributed by atoms with Gasteiger partial charge in [0.05, 0.1) is 13.7 Å². The molecule has 0 radical (unpaired) electrons. The topological polar surface area (TPSA) is 48.1 Å². The SMILES string of the molecule is CCC1(C(=O)OC)OC1(C)C1CCOC1. The fourth-order valence-corrected chi connectivity index (χ4v) is 2.70. The molecular formula is C11H18O4. The Balaban J connectivity index is 2.15. The maximum absolute atomic E-state index is 11.7. The highest BCUT2D eigenvalue weighted by molar-refractivity contribution is 5.84. The third-order valence-corrected chi connectivity index (χ3v) is 3.87. The van der Waals surface area contributed by atoms with Gasteiger partial charge < -0.3 is 14.2 Å². The van der Waals surface area contributed by atoms with Gasteiger partial charge in [0, 0.05) is 12.5 Å². The van der Waals surface area contributed by atoms with E-state index in [1.54, 1.807) is 0 Å². The average molecular weight is 214 g/mol. The van der Waals surface area contributed by atoms with E-state index in [0.717, 1.165) is 13.0 Å².